The molecular formula is C36H116O9Si10. The average Bonchev–Trinajstić information content (AvgIpc) is 3.07. The summed E-state index contributed by atoms with van der Waals surface area (Å²) in [5.74, 6) is 0. The van der Waals surface area contributed by atoms with Crippen molar-refractivity contribution in [2.24, 2.45) is 0 Å². The first kappa shape index (κ1) is 88.1. The predicted octanol–water partition coefficient (Wildman–Crippen LogP) is 10.7. The summed E-state index contributed by atoms with van der Waals surface area (Å²) in [7, 11) is 8.00. The van der Waals surface area contributed by atoms with E-state index in [4.69, 9.17) is 31.0 Å². The fourth-order valence-corrected chi connectivity index (χ4v) is 0. The van der Waals surface area contributed by atoms with Crippen molar-refractivity contribution < 1.29 is 39.5 Å². The Bertz CT molecular complexity index is 457. The van der Waals surface area contributed by atoms with Crippen LogP contribution in [0.15, 0.2) is 0 Å². The largest absolute Gasteiger partial charge is 0.471 e. The van der Waals surface area contributed by atoms with Crippen LogP contribution in [-0.4, -0.2) is 146 Å². The highest BCUT2D eigenvalue weighted by Crippen LogP contribution is 2.00. The molecule has 19 heteroatoms. The SMILES string of the molecule is CC.CC.CC.CO[SiH2]C.CO[Si](C)(C)C.CO[Si](C)(C)C.CO[Si](C)(C)C.CO[Si](C)(C)C.CO[Si](C)(C)C.CO[Si](C)(C)C.CO[Si](C)(C)C.[SiH3]O[SiH3]. The highest BCUT2D eigenvalue weighted by Gasteiger charge is 2.12. The zero-order valence-electron chi connectivity index (χ0n) is 45.9. The Hall–Kier alpha value is 1.81. The molecule has 0 aromatic heterocycles. The molecule has 0 aliphatic carbocycles. The molecule has 0 heterocycles. The van der Waals surface area contributed by atoms with Gasteiger partial charge in [-0.2, -0.15) is 0 Å². The van der Waals surface area contributed by atoms with Gasteiger partial charge in [0, 0.05) is 56.9 Å². The molecule has 0 atom stereocenters. The van der Waals surface area contributed by atoms with Gasteiger partial charge in [-0.3, -0.25) is 0 Å². The van der Waals surface area contributed by atoms with Gasteiger partial charge in [-0.05, 0) is 137 Å². The summed E-state index contributed by atoms with van der Waals surface area (Å²) in [5, 5.41) is 0. The molecule has 0 aromatic carbocycles. The molecule has 0 saturated heterocycles. The topological polar surface area (TPSA) is 83.1 Å². The van der Waals surface area contributed by atoms with Gasteiger partial charge in [-0.1, -0.05) is 48.1 Å². The molecule has 0 aliphatic rings. The minimum absolute atomic E-state index is 0.0756. The van der Waals surface area contributed by atoms with E-state index in [1.807, 2.05) is 41.5 Å². The fraction of sp³-hybridized carbons (Fsp3) is 1.00. The van der Waals surface area contributed by atoms with Gasteiger partial charge in [0.1, 0.15) is 21.0 Å². The average molecular weight is 974 g/mol. The highest BCUT2D eigenvalue weighted by atomic mass is 28.4. The van der Waals surface area contributed by atoms with E-state index in [2.05, 4.69) is 153 Å². The number of hydrogen-bond acceptors (Lipinski definition) is 9. The Labute approximate surface area is 368 Å². The van der Waals surface area contributed by atoms with Crippen molar-refractivity contribution in [2.45, 2.75) is 186 Å². The van der Waals surface area contributed by atoms with Crippen LogP contribution in [0.2, 0.25) is 144 Å². The zero-order valence-corrected chi connectivity index (χ0v) is 58.3. The maximum absolute atomic E-state index is 5.08. The molecule has 0 N–H and O–H groups in total. The van der Waals surface area contributed by atoms with Crippen LogP contribution in [0.4, 0.5) is 0 Å². The molecule has 55 heavy (non-hydrogen) atoms. The van der Waals surface area contributed by atoms with E-state index in [-0.39, 0.29) is 9.76 Å². The molecule has 0 aliphatic heterocycles. The lowest BCUT2D eigenvalue weighted by Gasteiger charge is -2.10. The minimum Gasteiger partial charge on any atom is -0.471 e. The lowest BCUT2D eigenvalue weighted by atomic mass is 11.0. The summed E-state index contributed by atoms with van der Waals surface area (Å²) in [4.78, 5) is 0. The van der Waals surface area contributed by atoms with E-state index < -0.39 is 58.2 Å². The summed E-state index contributed by atoms with van der Waals surface area (Å²) in [5.41, 5.74) is 0. The quantitative estimate of drug-likeness (QED) is 0.221. The normalized spacial score (nSPS) is 10.7. The summed E-state index contributed by atoms with van der Waals surface area (Å²) < 4.78 is 44.7. The first-order chi connectivity index (χ1) is 24.3. The molecule has 0 spiro atoms. The smallest absolute Gasteiger partial charge is 0.183 e. The molecule has 0 rings (SSSR count). The second kappa shape index (κ2) is 57.9. The molecule has 0 amide bonds. The highest BCUT2D eigenvalue weighted by molar-refractivity contribution is 6.71. The minimum atomic E-state index is -1.13. The monoisotopic (exact) mass is 973 g/mol. The first-order valence-electron chi connectivity index (χ1n) is 20.0. The van der Waals surface area contributed by atoms with Gasteiger partial charge >= 0.3 is 0 Å². The van der Waals surface area contributed by atoms with E-state index in [0.29, 0.717) is 0 Å². The maximum atomic E-state index is 5.08. The van der Waals surface area contributed by atoms with Crippen molar-refractivity contribution in [1.29, 1.82) is 0 Å². The Morgan fingerprint density at radius 2 is 0.309 bits per heavy atom. The molecule has 0 aromatic rings. The lowest BCUT2D eigenvalue weighted by molar-refractivity contribution is 0.410. The van der Waals surface area contributed by atoms with Gasteiger partial charge in [-0.25, -0.2) is 0 Å². The van der Waals surface area contributed by atoms with Crippen molar-refractivity contribution in [3.63, 3.8) is 0 Å². The van der Waals surface area contributed by atoms with Crippen LogP contribution in [0.3, 0.4) is 0 Å². The van der Waals surface area contributed by atoms with Crippen molar-refractivity contribution >= 4 is 89.0 Å². The molecule has 0 saturated carbocycles. The van der Waals surface area contributed by atoms with Gasteiger partial charge in [0.25, 0.3) is 0 Å². The van der Waals surface area contributed by atoms with Crippen LogP contribution in [0, 0.1) is 0 Å². The van der Waals surface area contributed by atoms with Crippen LogP contribution in [0.1, 0.15) is 41.5 Å². The van der Waals surface area contributed by atoms with Crippen LogP contribution >= 0.6 is 0 Å². The predicted molar refractivity (Wildman–Crippen MR) is 289 cm³/mol. The molecule has 354 valence electrons. The summed E-state index contributed by atoms with van der Waals surface area (Å²) in [6.45, 7) is 59.5. The van der Waals surface area contributed by atoms with E-state index in [1.165, 1.54) is 0 Å². The van der Waals surface area contributed by atoms with Crippen LogP contribution in [0.5, 0.6) is 0 Å². The van der Waals surface area contributed by atoms with E-state index in [9.17, 15) is 0 Å². The van der Waals surface area contributed by atoms with Gasteiger partial charge in [0.15, 0.2) is 68.0 Å². The summed E-state index contributed by atoms with van der Waals surface area (Å²) in [6, 6.07) is 0. The van der Waals surface area contributed by atoms with Gasteiger partial charge in [-0.15, -0.1) is 0 Å². The zero-order chi connectivity index (χ0) is 48.6. The van der Waals surface area contributed by atoms with Crippen molar-refractivity contribution in [3.8, 4) is 0 Å². The van der Waals surface area contributed by atoms with Gasteiger partial charge in [0.05, 0.1) is 0 Å². The Kier molecular flexibility index (Phi) is 92.8. The Morgan fingerprint density at radius 1 is 0.273 bits per heavy atom. The molecule has 0 radical (unpaired) electrons. The van der Waals surface area contributed by atoms with Crippen LogP contribution < -0.4 is 0 Å². The third-order valence-electron chi connectivity index (χ3n) is 4.58. The van der Waals surface area contributed by atoms with E-state index in [0.717, 1.165) is 21.0 Å². The second-order valence-corrected chi connectivity index (χ2v) is 54.1. The second-order valence-electron chi connectivity index (χ2n) is 17.2. The van der Waals surface area contributed by atoms with E-state index in [1.54, 1.807) is 56.9 Å². The van der Waals surface area contributed by atoms with Crippen LogP contribution in [0.25, 0.3) is 0 Å². The Morgan fingerprint density at radius 3 is 0.309 bits per heavy atom. The van der Waals surface area contributed by atoms with Gasteiger partial charge < -0.3 is 39.5 Å². The number of rotatable bonds is 8. The van der Waals surface area contributed by atoms with Crippen molar-refractivity contribution in [3.05, 3.63) is 0 Å². The molecular weight excluding hydrogens is 857 g/mol. The molecule has 0 fully saturated rings. The standard InChI is InChI=1S/7C4H12OSi.C2H8OSi.3C2H6.H6OSi2/c7*1-5-6(2,3)4;1-3-4-2;3*1-2;2-1-3/h7*1-4H3;4H2,1-2H3;3*1-2H3;2-3H3. The summed E-state index contributed by atoms with van der Waals surface area (Å²) in [6.07, 6.45) is 0. The fourth-order valence-electron chi connectivity index (χ4n) is 0. The molecule has 9 nitrogen and oxygen atoms in total. The maximum Gasteiger partial charge on any atom is 0.183 e. The van der Waals surface area contributed by atoms with Crippen molar-refractivity contribution in [1.82, 2.24) is 0 Å². The lowest BCUT2D eigenvalue weighted by Crippen LogP contribution is -2.22. The van der Waals surface area contributed by atoms with Crippen LogP contribution in [-0.2, 0) is 39.5 Å². The molecule has 0 unspecified atom stereocenters. The van der Waals surface area contributed by atoms with E-state index >= 15 is 0 Å². The third-order valence-corrected chi connectivity index (χ3v) is 13.7. The summed E-state index contributed by atoms with van der Waals surface area (Å²) >= 11 is 0. The number of hydrogen-bond donors (Lipinski definition) is 0. The Balaban J connectivity index is -0.0000000373. The molecule has 0 bridgehead atoms. The third kappa shape index (κ3) is 285. The van der Waals surface area contributed by atoms with Crippen molar-refractivity contribution in [2.75, 3.05) is 56.9 Å². The van der Waals surface area contributed by atoms with Gasteiger partial charge in [0.2, 0.25) is 0 Å². The first-order valence-corrected chi connectivity index (χ1v) is 47.5.